The minimum absolute atomic E-state index is 0.0127. The standard InChI is InChI=1S/C22H20Cl2N2O3S/c1-26(15-17-5-3-2-4-6-17)22(27)13-16-7-9-18(10-8-16)25-30(28,29)19-11-12-20(23)21(24)14-19/h2-12,14,25H,13,15H2,1H3. The van der Waals surface area contributed by atoms with Crippen LogP contribution in [0.5, 0.6) is 0 Å². The summed E-state index contributed by atoms with van der Waals surface area (Å²) in [6.07, 6.45) is 0.225. The van der Waals surface area contributed by atoms with E-state index >= 15 is 0 Å². The Labute approximate surface area is 186 Å². The molecule has 0 atom stereocenters. The average Bonchev–Trinajstić information content (AvgIpc) is 2.72. The number of hydrogen-bond donors (Lipinski definition) is 1. The van der Waals surface area contributed by atoms with Gasteiger partial charge in [0.15, 0.2) is 0 Å². The highest BCUT2D eigenvalue weighted by atomic mass is 35.5. The molecule has 0 heterocycles. The van der Waals surface area contributed by atoms with Gasteiger partial charge in [-0.15, -0.1) is 0 Å². The third-order valence-electron chi connectivity index (χ3n) is 4.45. The summed E-state index contributed by atoms with van der Waals surface area (Å²) in [5.41, 5.74) is 2.23. The zero-order chi connectivity index (χ0) is 21.7. The molecule has 0 radical (unpaired) electrons. The van der Waals surface area contributed by atoms with E-state index in [4.69, 9.17) is 23.2 Å². The zero-order valence-corrected chi connectivity index (χ0v) is 18.5. The van der Waals surface area contributed by atoms with Crippen molar-refractivity contribution in [2.24, 2.45) is 0 Å². The second-order valence-corrected chi connectivity index (χ2v) is 9.29. The molecule has 0 saturated heterocycles. The molecule has 8 heteroatoms. The highest BCUT2D eigenvalue weighted by molar-refractivity contribution is 7.92. The first kappa shape index (κ1) is 22.2. The van der Waals surface area contributed by atoms with E-state index in [1.165, 1.54) is 18.2 Å². The van der Waals surface area contributed by atoms with Gasteiger partial charge in [0.1, 0.15) is 0 Å². The lowest BCUT2D eigenvalue weighted by molar-refractivity contribution is -0.129. The zero-order valence-electron chi connectivity index (χ0n) is 16.2. The van der Waals surface area contributed by atoms with Gasteiger partial charge in [-0.1, -0.05) is 65.7 Å². The quantitative estimate of drug-likeness (QED) is 0.537. The van der Waals surface area contributed by atoms with Gasteiger partial charge in [0, 0.05) is 19.3 Å². The number of likely N-dealkylation sites (N-methyl/N-ethyl adjacent to an activating group) is 1. The fraction of sp³-hybridized carbons (Fsp3) is 0.136. The Kier molecular flexibility index (Phi) is 7.02. The van der Waals surface area contributed by atoms with Crippen LogP contribution in [0.15, 0.2) is 77.7 Å². The molecular formula is C22H20Cl2N2O3S. The van der Waals surface area contributed by atoms with E-state index in [1.54, 1.807) is 36.2 Å². The average molecular weight is 463 g/mol. The molecule has 0 spiro atoms. The predicted molar refractivity (Wildman–Crippen MR) is 120 cm³/mol. The fourth-order valence-electron chi connectivity index (χ4n) is 2.80. The van der Waals surface area contributed by atoms with Crippen LogP contribution in [0.4, 0.5) is 5.69 Å². The van der Waals surface area contributed by atoms with Crippen LogP contribution in [-0.4, -0.2) is 26.3 Å². The maximum absolute atomic E-state index is 12.5. The van der Waals surface area contributed by atoms with Crippen LogP contribution in [0.2, 0.25) is 10.0 Å². The molecule has 0 aliphatic heterocycles. The van der Waals surface area contributed by atoms with Crippen LogP contribution >= 0.6 is 23.2 Å². The normalized spacial score (nSPS) is 11.2. The summed E-state index contributed by atoms with van der Waals surface area (Å²) in [7, 11) is -2.05. The number of benzene rings is 3. The molecule has 30 heavy (non-hydrogen) atoms. The van der Waals surface area contributed by atoms with Gasteiger partial charge in [-0.05, 0) is 41.5 Å². The number of nitrogens with one attached hydrogen (secondary N) is 1. The van der Waals surface area contributed by atoms with Crippen molar-refractivity contribution < 1.29 is 13.2 Å². The Morgan fingerprint density at radius 3 is 2.20 bits per heavy atom. The van der Waals surface area contributed by atoms with E-state index in [2.05, 4.69) is 4.72 Å². The predicted octanol–water partition coefficient (Wildman–Crippen LogP) is 5.00. The third kappa shape index (κ3) is 5.75. The summed E-state index contributed by atoms with van der Waals surface area (Å²) in [6, 6.07) is 20.5. The van der Waals surface area contributed by atoms with E-state index in [0.717, 1.165) is 11.1 Å². The molecule has 0 aromatic heterocycles. The number of amides is 1. The van der Waals surface area contributed by atoms with Crippen molar-refractivity contribution in [1.29, 1.82) is 0 Å². The van der Waals surface area contributed by atoms with Gasteiger partial charge < -0.3 is 4.90 Å². The van der Waals surface area contributed by atoms with Crippen molar-refractivity contribution in [2.75, 3.05) is 11.8 Å². The lowest BCUT2D eigenvalue weighted by atomic mass is 10.1. The van der Waals surface area contributed by atoms with Gasteiger partial charge in [-0.3, -0.25) is 9.52 Å². The molecule has 3 rings (SSSR count). The molecule has 0 unspecified atom stereocenters. The molecule has 1 N–H and O–H groups in total. The molecule has 3 aromatic carbocycles. The first-order valence-electron chi connectivity index (χ1n) is 9.09. The number of carbonyl (C=O) groups excluding carboxylic acids is 1. The third-order valence-corrected chi connectivity index (χ3v) is 6.57. The van der Waals surface area contributed by atoms with Crippen LogP contribution in [0, 0.1) is 0 Å². The minimum Gasteiger partial charge on any atom is -0.341 e. The van der Waals surface area contributed by atoms with E-state index < -0.39 is 10.0 Å². The Bertz CT molecular complexity index is 1130. The van der Waals surface area contributed by atoms with Crippen molar-refractivity contribution in [3.8, 4) is 0 Å². The summed E-state index contributed by atoms with van der Waals surface area (Å²) in [5.74, 6) is -0.0250. The molecule has 1 amide bonds. The fourth-order valence-corrected chi connectivity index (χ4v) is 4.25. The molecule has 0 bridgehead atoms. The first-order chi connectivity index (χ1) is 14.2. The summed E-state index contributed by atoms with van der Waals surface area (Å²) in [6.45, 7) is 0.529. The minimum atomic E-state index is -3.80. The lowest BCUT2D eigenvalue weighted by Crippen LogP contribution is -2.27. The SMILES string of the molecule is CN(Cc1ccccc1)C(=O)Cc1ccc(NS(=O)(=O)c2ccc(Cl)c(Cl)c2)cc1. The Morgan fingerprint density at radius 2 is 1.57 bits per heavy atom. The van der Waals surface area contributed by atoms with E-state index in [9.17, 15) is 13.2 Å². The highest BCUT2D eigenvalue weighted by Crippen LogP contribution is 2.26. The topological polar surface area (TPSA) is 66.5 Å². The van der Waals surface area contributed by atoms with Gasteiger partial charge >= 0.3 is 0 Å². The first-order valence-corrected chi connectivity index (χ1v) is 11.3. The number of hydrogen-bond acceptors (Lipinski definition) is 3. The number of carbonyl (C=O) groups is 1. The van der Waals surface area contributed by atoms with Gasteiger partial charge in [0.25, 0.3) is 10.0 Å². The van der Waals surface area contributed by atoms with E-state index in [0.29, 0.717) is 12.2 Å². The summed E-state index contributed by atoms with van der Waals surface area (Å²) < 4.78 is 27.5. The van der Waals surface area contributed by atoms with Gasteiger partial charge in [0.2, 0.25) is 5.91 Å². The second kappa shape index (κ2) is 9.51. The van der Waals surface area contributed by atoms with E-state index in [1.807, 2.05) is 30.3 Å². The second-order valence-electron chi connectivity index (χ2n) is 6.79. The molecule has 156 valence electrons. The summed E-state index contributed by atoms with van der Waals surface area (Å²) in [4.78, 5) is 14.1. The number of rotatable bonds is 7. The van der Waals surface area contributed by atoms with Crippen LogP contribution in [0.3, 0.4) is 0 Å². The van der Waals surface area contributed by atoms with Gasteiger partial charge in [0.05, 0.1) is 21.4 Å². The molecule has 5 nitrogen and oxygen atoms in total. The number of sulfonamides is 1. The van der Waals surface area contributed by atoms with E-state index in [-0.39, 0.29) is 27.3 Å². The van der Waals surface area contributed by atoms with Crippen molar-refractivity contribution in [2.45, 2.75) is 17.9 Å². The molecule has 0 aliphatic carbocycles. The Morgan fingerprint density at radius 1 is 0.900 bits per heavy atom. The largest absolute Gasteiger partial charge is 0.341 e. The summed E-state index contributed by atoms with van der Waals surface area (Å²) >= 11 is 11.7. The molecular weight excluding hydrogens is 443 g/mol. The Balaban J connectivity index is 1.63. The summed E-state index contributed by atoms with van der Waals surface area (Å²) in [5, 5.41) is 0.440. The molecule has 3 aromatic rings. The van der Waals surface area contributed by atoms with Crippen molar-refractivity contribution in [3.63, 3.8) is 0 Å². The van der Waals surface area contributed by atoms with Gasteiger partial charge in [-0.25, -0.2) is 8.42 Å². The molecule has 0 fully saturated rings. The van der Waals surface area contributed by atoms with Crippen LogP contribution < -0.4 is 4.72 Å². The maximum Gasteiger partial charge on any atom is 0.261 e. The molecule has 0 aliphatic rings. The number of halogens is 2. The molecule has 0 saturated carbocycles. The monoisotopic (exact) mass is 462 g/mol. The van der Waals surface area contributed by atoms with Gasteiger partial charge in [-0.2, -0.15) is 0 Å². The lowest BCUT2D eigenvalue weighted by Gasteiger charge is -2.17. The van der Waals surface area contributed by atoms with Crippen molar-refractivity contribution in [1.82, 2.24) is 4.90 Å². The maximum atomic E-state index is 12.5. The van der Waals surface area contributed by atoms with Crippen LogP contribution in [-0.2, 0) is 27.8 Å². The number of anilines is 1. The highest BCUT2D eigenvalue weighted by Gasteiger charge is 2.16. The Hall–Kier alpha value is -2.54. The van der Waals surface area contributed by atoms with Crippen molar-refractivity contribution in [3.05, 3.63) is 94.0 Å². The van der Waals surface area contributed by atoms with Crippen LogP contribution in [0.1, 0.15) is 11.1 Å². The number of nitrogens with zero attached hydrogens (tertiary/aromatic N) is 1. The smallest absolute Gasteiger partial charge is 0.261 e. The van der Waals surface area contributed by atoms with Crippen LogP contribution in [0.25, 0.3) is 0 Å². The van der Waals surface area contributed by atoms with Crippen molar-refractivity contribution >= 4 is 44.8 Å².